The lowest BCUT2D eigenvalue weighted by atomic mass is 10.1. The number of hydrogen-bond donors (Lipinski definition) is 2. The number of aromatic nitrogens is 4. The van der Waals surface area contributed by atoms with E-state index in [2.05, 4.69) is 51.8 Å². The summed E-state index contributed by atoms with van der Waals surface area (Å²) in [5.41, 5.74) is 4.89. The number of ether oxygens (including phenoxy) is 1. The Morgan fingerprint density at radius 1 is 1.17 bits per heavy atom. The number of H-pyrrole nitrogens is 1. The zero-order valence-corrected chi connectivity index (χ0v) is 16.2. The zero-order valence-electron chi connectivity index (χ0n) is 16.2. The van der Waals surface area contributed by atoms with Crippen molar-refractivity contribution in [1.82, 2.24) is 20.0 Å². The van der Waals surface area contributed by atoms with Gasteiger partial charge in [0.2, 0.25) is 0 Å². The van der Waals surface area contributed by atoms with E-state index in [-0.39, 0.29) is 5.91 Å². The smallest absolute Gasteiger partial charge is 0.273 e. The van der Waals surface area contributed by atoms with Gasteiger partial charge in [-0.1, -0.05) is 42.0 Å². The minimum absolute atomic E-state index is 0.276. The van der Waals surface area contributed by atoms with Gasteiger partial charge in [-0.2, -0.15) is 10.2 Å². The molecule has 4 aromatic rings. The van der Waals surface area contributed by atoms with Gasteiger partial charge in [0, 0.05) is 11.8 Å². The molecule has 146 valence electrons. The standard InChI is InChI=1S/C22H21N5O2/c1-15-6-8-16(9-7-15)13-27-14-18(12-23-27)24-22(28)21-11-20(25-26-21)17-4-3-5-19(10-17)29-2/h3-12,14H,13H2,1-2H3,(H,24,28)(H,25,26). The number of methoxy groups -OCH3 is 1. The summed E-state index contributed by atoms with van der Waals surface area (Å²) in [6.07, 6.45) is 3.43. The first-order chi connectivity index (χ1) is 14.1. The first kappa shape index (κ1) is 18.5. The number of rotatable bonds is 6. The van der Waals surface area contributed by atoms with Gasteiger partial charge in [0.1, 0.15) is 11.4 Å². The number of benzene rings is 2. The van der Waals surface area contributed by atoms with Gasteiger partial charge in [-0.05, 0) is 30.7 Å². The molecule has 0 bridgehead atoms. The van der Waals surface area contributed by atoms with E-state index in [9.17, 15) is 4.79 Å². The third-order valence-corrected chi connectivity index (χ3v) is 4.54. The summed E-state index contributed by atoms with van der Waals surface area (Å²) in [5.74, 6) is 0.457. The van der Waals surface area contributed by atoms with Crippen LogP contribution in [-0.2, 0) is 6.54 Å². The van der Waals surface area contributed by atoms with Gasteiger partial charge < -0.3 is 10.1 Å². The molecule has 0 saturated carbocycles. The summed E-state index contributed by atoms with van der Waals surface area (Å²) in [7, 11) is 1.61. The normalized spacial score (nSPS) is 10.7. The Labute approximate surface area is 168 Å². The summed E-state index contributed by atoms with van der Waals surface area (Å²) >= 11 is 0. The topological polar surface area (TPSA) is 84.8 Å². The number of aryl methyl sites for hydroxylation is 1. The van der Waals surface area contributed by atoms with Gasteiger partial charge in [-0.25, -0.2) is 0 Å². The lowest BCUT2D eigenvalue weighted by molar-refractivity contribution is 0.102. The molecule has 2 N–H and O–H groups in total. The van der Waals surface area contributed by atoms with Crippen LogP contribution >= 0.6 is 0 Å². The van der Waals surface area contributed by atoms with E-state index < -0.39 is 0 Å². The average Bonchev–Trinajstić information content (AvgIpc) is 3.40. The Balaban J connectivity index is 1.43. The van der Waals surface area contributed by atoms with E-state index in [1.807, 2.05) is 24.3 Å². The van der Waals surface area contributed by atoms with Crippen molar-refractivity contribution in [2.75, 3.05) is 12.4 Å². The van der Waals surface area contributed by atoms with E-state index in [0.717, 1.165) is 16.9 Å². The van der Waals surface area contributed by atoms with Gasteiger partial charge in [0.05, 0.1) is 31.2 Å². The molecule has 7 nitrogen and oxygen atoms in total. The van der Waals surface area contributed by atoms with E-state index in [0.29, 0.717) is 23.6 Å². The van der Waals surface area contributed by atoms with Crippen LogP contribution in [0, 0.1) is 6.92 Å². The number of amides is 1. The number of aromatic amines is 1. The van der Waals surface area contributed by atoms with E-state index in [4.69, 9.17) is 4.74 Å². The molecule has 0 atom stereocenters. The van der Waals surface area contributed by atoms with Crippen LogP contribution in [0.1, 0.15) is 21.6 Å². The highest BCUT2D eigenvalue weighted by Crippen LogP contribution is 2.23. The van der Waals surface area contributed by atoms with Gasteiger partial charge in [-0.15, -0.1) is 0 Å². The molecule has 0 spiro atoms. The highest BCUT2D eigenvalue weighted by molar-refractivity contribution is 6.03. The van der Waals surface area contributed by atoms with Crippen molar-refractivity contribution < 1.29 is 9.53 Å². The number of anilines is 1. The maximum atomic E-state index is 12.5. The Morgan fingerprint density at radius 2 is 2.00 bits per heavy atom. The largest absolute Gasteiger partial charge is 0.497 e. The van der Waals surface area contributed by atoms with Gasteiger partial charge in [0.15, 0.2) is 0 Å². The highest BCUT2D eigenvalue weighted by Gasteiger charge is 2.13. The minimum atomic E-state index is -0.276. The van der Waals surface area contributed by atoms with Crippen molar-refractivity contribution >= 4 is 11.6 Å². The average molecular weight is 387 g/mol. The molecule has 2 aromatic carbocycles. The number of nitrogens with zero attached hydrogens (tertiary/aromatic N) is 3. The molecule has 0 fully saturated rings. The first-order valence-electron chi connectivity index (χ1n) is 9.20. The fraction of sp³-hybridized carbons (Fsp3) is 0.136. The van der Waals surface area contributed by atoms with Crippen LogP contribution in [0.25, 0.3) is 11.3 Å². The summed E-state index contributed by atoms with van der Waals surface area (Å²) < 4.78 is 7.02. The predicted octanol–water partition coefficient (Wildman–Crippen LogP) is 3.89. The number of carbonyl (C=O) groups is 1. The van der Waals surface area contributed by atoms with Crippen molar-refractivity contribution in [1.29, 1.82) is 0 Å². The molecule has 2 heterocycles. The molecule has 4 rings (SSSR count). The third kappa shape index (κ3) is 4.35. The summed E-state index contributed by atoms with van der Waals surface area (Å²) in [5, 5.41) is 14.2. The fourth-order valence-electron chi connectivity index (χ4n) is 2.96. The number of nitrogens with one attached hydrogen (secondary N) is 2. The van der Waals surface area contributed by atoms with Crippen molar-refractivity contribution in [3.63, 3.8) is 0 Å². The monoisotopic (exact) mass is 387 g/mol. The van der Waals surface area contributed by atoms with Gasteiger partial charge in [0.25, 0.3) is 5.91 Å². The second-order valence-electron chi connectivity index (χ2n) is 6.77. The minimum Gasteiger partial charge on any atom is -0.497 e. The molecule has 0 aliphatic heterocycles. The SMILES string of the molecule is COc1cccc(-c2cc(C(=O)Nc3cnn(Cc4ccc(C)cc4)c3)[nH]n2)c1. The molecule has 0 aliphatic carbocycles. The van der Waals surface area contributed by atoms with Crippen molar-refractivity contribution in [2.24, 2.45) is 0 Å². The second-order valence-corrected chi connectivity index (χ2v) is 6.77. The van der Waals surface area contributed by atoms with Crippen molar-refractivity contribution in [3.8, 4) is 17.0 Å². The van der Waals surface area contributed by atoms with E-state index in [1.165, 1.54) is 5.56 Å². The van der Waals surface area contributed by atoms with Gasteiger partial charge in [-0.3, -0.25) is 14.6 Å². The Hall–Kier alpha value is -3.87. The Kier molecular flexibility index (Phi) is 5.11. The second kappa shape index (κ2) is 8.02. The lowest BCUT2D eigenvalue weighted by Crippen LogP contribution is -2.11. The molecule has 0 saturated heterocycles. The van der Waals surface area contributed by atoms with Crippen LogP contribution in [-0.4, -0.2) is 33.0 Å². The fourth-order valence-corrected chi connectivity index (χ4v) is 2.96. The van der Waals surface area contributed by atoms with Crippen LogP contribution < -0.4 is 10.1 Å². The Morgan fingerprint density at radius 3 is 2.79 bits per heavy atom. The molecule has 0 unspecified atom stereocenters. The molecule has 29 heavy (non-hydrogen) atoms. The van der Waals surface area contributed by atoms with Gasteiger partial charge >= 0.3 is 0 Å². The van der Waals surface area contributed by atoms with Crippen LogP contribution in [0.2, 0.25) is 0 Å². The van der Waals surface area contributed by atoms with Crippen molar-refractivity contribution in [2.45, 2.75) is 13.5 Å². The van der Waals surface area contributed by atoms with E-state index in [1.54, 1.807) is 30.3 Å². The van der Waals surface area contributed by atoms with E-state index >= 15 is 0 Å². The maximum Gasteiger partial charge on any atom is 0.273 e. The molecule has 7 heteroatoms. The summed E-state index contributed by atoms with van der Waals surface area (Å²) in [4.78, 5) is 12.5. The molecular weight excluding hydrogens is 366 g/mol. The number of hydrogen-bond acceptors (Lipinski definition) is 4. The zero-order chi connectivity index (χ0) is 20.2. The molecule has 2 aromatic heterocycles. The molecular formula is C22H21N5O2. The highest BCUT2D eigenvalue weighted by atomic mass is 16.5. The van der Waals surface area contributed by atoms with Crippen LogP contribution in [0.15, 0.2) is 67.0 Å². The molecule has 0 radical (unpaired) electrons. The van der Waals surface area contributed by atoms with Crippen LogP contribution in [0.4, 0.5) is 5.69 Å². The lowest BCUT2D eigenvalue weighted by Gasteiger charge is -2.02. The third-order valence-electron chi connectivity index (χ3n) is 4.54. The number of carbonyl (C=O) groups excluding carboxylic acids is 1. The predicted molar refractivity (Wildman–Crippen MR) is 111 cm³/mol. The molecule has 0 aliphatic rings. The van der Waals surface area contributed by atoms with Crippen molar-refractivity contribution in [3.05, 3.63) is 83.8 Å². The summed E-state index contributed by atoms with van der Waals surface area (Å²) in [6.45, 7) is 2.70. The van der Waals surface area contributed by atoms with Crippen LogP contribution in [0.5, 0.6) is 5.75 Å². The van der Waals surface area contributed by atoms with Crippen LogP contribution in [0.3, 0.4) is 0 Å². The maximum absolute atomic E-state index is 12.5. The quantitative estimate of drug-likeness (QED) is 0.526. The Bertz CT molecular complexity index is 1130. The summed E-state index contributed by atoms with van der Waals surface area (Å²) in [6, 6.07) is 17.5. The first-order valence-corrected chi connectivity index (χ1v) is 9.20. The molecule has 1 amide bonds.